The van der Waals surface area contributed by atoms with E-state index in [0.29, 0.717) is 25.0 Å². The van der Waals surface area contributed by atoms with E-state index in [4.69, 9.17) is 5.73 Å². The van der Waals surface area contributed by atoms with Crippen LogP contribution in [0.3, 0.4) is 0 Å². The fourth-order valence-electron chi connectivity index (χ4n) is 3.79. The summed E-state index contributed by atoms with van der Waals surface area (Å²) in [6, 6.07) is 0.427. The zero-order valence-electron chi connectivity index (χ0n) is 12.1. The molecule has 0 unspecified atom stereocenters. The van der Waals surface area contributed by atoms with Gasteiger partial charge >= 0.3 is 0 Å². The molecule has 0 aliphatic heterocycles. The second kappa shape index (κ2) is 6.56. The first kappa shape index (κ1) is 14.6. The SMILES string of the molecule is C=CCN(C(=O)C1(CN)CCCCC1)C1CCCC1. The standard InChI is InChI=1S/C16H28N2O/c1-2-12-18(14-8-4-5-9-14)15(19)16(13-17)10-6-3-7-11-16/h2,14H,1,3-13,17H2. The van der Waals surface area contributed by atoms with Gasteiger partial charge in [0, 0.05) is 19.1 Å². The molecule has 2 aliphatic carbocycles. The minimum atomic E-state index is -0.274. The summed E-state index contributed by atoms with van der Waals surface area (Å²) < 4.78 is 0. The van der Waals surface area contributed by atoms with Crippen LogP contribution in [0.25, 0.3) is 0 Å². The highest BCUT2D eigenvalue weighted by molar-refractivity contribution is 5.83. The largest absolute Gasteiger partial charge is 0.335 e. The van der Waals surface area contributed by atoms with Gasteiger partial charge in [-0.3, -0.25) is 4.79 Å². The number of nitrogens with two attached hydrogens (primary N) is 1. The molecule has 2 N–H and O–H groups in total. The van der Waals surface area contributed by atoms with Gasteiger partial charge < -0.3 is 10.6 Å². The maximum absolute atomic E-state index is 13.0. The van der Waals surface area contributed by atoms with Gasteiger partial charge in [0.25, 0.3) is 0 Å². The summed E-state index contributed by atoms with van der Waals surface area (Å²) in [4.78, 5) is 15.1. The lowest BCUT2D eigenvalue weighted by Crippen LogP contribution is -2.52. The molecule has 2 fully saturated rings. The molecule has 2 rings (SSSR count). The smallest absolute Gasteiger partial charge is 0.230 e. The Balaban J connectivity index is 2.14. The van der Waals surface area contributed by atoms with E-state index in [0.717, 1.165) is 38.5 Å². The summed E-state index contributed by atoms with van der Waals surface area (Å²) in [5.41, 5.74) is 5.72. The molecule has 0 aromatic carbocycles. The minimum Gasteiger partial charge on any atom is -0.335 e. The molecule has 0 atom stereocenters. The van der Waals surface area contributed by atoms with Crippen molar-refractivity contribution >= 4 is 5.91 Å². The lowest BCUT2D eigenvalue weighted by atomic mass is 9.72. The molecule has 0 saturated heterocycles. The van der Waals surface area contributed by atoms with Gasteiger partial charge in [-0.1, -0.05) is 38.2 Å². The number of hydrogen-bond donors (Lipinski definition) is 1. The van der Waals surface area contributed by atoms with E-state index in [1.807, 2.05) is 6.08 Å². The van der Waals surface area contributed by atoms with E-state index in [2.05, 4.69) is 11.5 Å². The Morgan fingerprint density at radius 3 is 2.37 bits per heavy atom. The van der Waals surface area contributed by atoms with E-state index in [1.54, 1.807) is 0 Å². The summed E-state index contributed by atoms with van der Waals surface area (Å²) in [6.07, 6.45) is 12.2. The van der Waals surface area contributed by atoms with Crippen LogP contribution in [0.4, 0.5) is 0 Å². The van der Waals surface area contributed by atoms with Crippen molar-refractivity contribution < 1.29 is 4.79 Å². The van der Waals surface area contributed by atoms with Gasteiger partial charge in [-0.2, -0.15) is 0 Å². The van der Waals surface area contributed by atoms with Crippen molar-refractivity contribution in [1.29, 1.82) is 0 Å². The van der Waals surface area contributed by atoms with Crippen LogP contribution < -0.4 is 5.73 Å². The van der Waals surface area contributed by atoms with Gasteiger partial charge in [0.15, 0.2) is 0 Å². The Morgan fingerprint density at radius 1 is 1.21 bits per heavy atom. The monoisotopic (exact) mass is 264 g/mol. The number of carbonyl (C=O) groups excluding carboxylic acids is 1. The Kier molecular flexibility index (Phi) is 5.03. The third-order valence-electron chi connectivity index (χ3n) is 5.01. The molecule has 0 spiro atoms. The van der Waals surface area contributed by atoms with E-state index in [-0.39, 0.29) is 5.41 Å². The molecule has 1 amide bonds. The lowest BCUT2D eigenvalue weighted by molar-refractivity contribution is -0.145. The van der Waals surface area contributed by atoms with E-state index < -0.39 is 0 Å². The molecule has 2 saturated carbocycles. The second-order valence-corrected chi connectivity index (χ2v) is 6.23. The van der Waals surface area contributed by atoms with Crippen LogP contribution in [-0.4, -0.2) is 29.9 Å². The Bertz CT molecular complexity index is 315. The fraction of sp³-hybridized carbons (Fsp3) is 0.812. The fourth-order valence-corrected chi connectivity index (χ4v) is 3.79. The van der Waals surface area contributed by atoms with Gasteiger partial charge in [-0.15, -0.1) is 6.58 Å². The molecule has 0 aromatic heterocycles. The quantitative estimate of drug-likeness (QED) is 0.776. The summed E-state index contributed by atoms with van der Waals surface area (Å²) >= 11 is 0. The van der Waals surface area contributed by atoms with Crippen molar-refractivity contribution in [3.63, 3.8) is 0 Å². The lowest BCUT2D eigenvalue weighted by Gasteiger charge is -2.41. The highest BCUT2D eigenvalue weighted by atomic mass is 16.2. The highest BCUT2D eigenvalue weighted by Crippen LogP contribution is 2.38. The first-order chi connectivity index (χ1) is 9.23. The maximum atomic E-state index is 13.0. The number of carbonyl (C=O) groups is 1. The van der Waals surface area contributed by atoms with Gasteiger partial charge in [0.2, 0.25) is 5.91 Å². The summed E-state index contributed by atoms with van der Waals surface area (Å²) in [5.74, 6) is 0.307. The molecule has 0 radical (unpaired) electrons. The normalized spacial score (nSPS) is 23.2. The van der Waals surface area contributed by atoms with Crippen molar-refractivity contribution in [1.82, 2.24) is 4.90 Å². The first-order valence-corrected chi connectivity index (χ1v) is 7.85. The van der Waals surface area contributed by atoms with Crippen molar-refractivity contribution in [3.8, 4) is 0 Å². The van der Waals surface area contributed by atoms with Crippen LogP contribution in [0.2, 0.25) is 0 Å². The van der Waals surface area contributed by atoms with Crippen LogP contribution in [0.5, 0.6) is 0 Å². The molecular formula is C16H28N2O. The molecule has 0 aromatic rings. The van der Waals surface area contributed by atoms with Gasteiger partial charge in [0.1, 0.15) is 0 Å². The first-order valence-electron chi connectivity index (χ1n) is 7.85. The third-order valence-corrected chi connectivity index (χ3v) is 5.01. The topological polar surface area (TPSA) is 46.3 Å². The molecule has 2 aliphatic rings. The van der Waals surface area contributed by atoms with E-state index in [1.165, 1.54) is 19.3 Å². The van der Waals surface area contributed by atoms with Gasteiger partial charge in [-0.05, 0) is 25.7 Å². The average Bonchev–Trinajstić information content (AvgIpc) is 2.98. The number of amides is 1. The van der Waals surface area contributed by atoms with Crippen molar-refractivity contribution in [2.24, 2.45) is 11.1 Å². The zero-order valence-corrected chi connectivity index (χ0v) is 12.1. The van der Waals surface area contributed by atoms with Crippen LogP contribution in [-0.2, 0) is 4.79 Å². The van der Waals surface area contributed by atoms with Crippen molar-refractivity contribution in [3.05, 3.63) is 12.7 Å². The van der Waals surface area contributed by atoms with Crippen LogP contribution in [0.1, 0.15) is 57.8 Å². The van der Waals surface area contributed by atoms with E-state index >= 15 is 0 Å². The molecule has 108 valence electrons. The Morgan fingerprint density at radius 2 is 1.84 bits per heavy atom. The molecule has 19 heavy (non-hydrogen) atoms. The van der Waals surface area contributed by atoms with Gasteiger partial charge in [-0.25, -0.2) is 0 Å². The zero-order chi connectivity index (χ0) is 13.7. The number of nitrogens with zero attached hydrogens (tertiary/aromatic N) is 1. The average molecular weight is 264 g/mol. The van der Waals surface area contributed by atoms with E-state index in [9.17, 15) is 4.79 Å². The maximum Gasteiger partial charge on any atom is 0.230 e. The summed E-state index contributed by atoms with van der Waals surface area (Å²) in [5, 5.41) is 0. The molecular weight excluding hydrogens is 236 g/mol. The van der Waals surface area contributed by atoms with Crippen LogP contribution in [0, 0.1) is 5.41 Å². The highest BCUT2D eigenvalue weighted by Gasteiger charge is 2.42. The third kappa shape index (κ3) is 3.02. The number of rotatable bonds is 5. The Hall–Kier alpha value is -0.830. The molecule has 3 nitrogen and oxygen atoms in total. The molecule has 3 heteroatoms. The van der Waals surface area contributed by atoms with Crippen LogP contribution in [0.15, 0.2) is 12.7 Å². The molecule has 0 heterocycles. The summed E-state index contributed by atoms with van der Waals surface area (Å²) in [7, 11) is 0. The predicted octanol–water partition coefficient (Wildman–Crippen LogP) is 2.85. The van der Waals surface area contributed by atoms with Crippen LogP contribution >= 0.6 is 0 Å². The minimum absolute atomic E-state index is 0.274. The number of hydrogen-bond acceptors (Lipinski definition) is 2. The predicted molar refractivity (Wildman–Crippen MR) is 78.7 cm³/mol. The second-order valence-electron chi connectivity index (χ2n) is 6.23. The molecule has 0 bridgehead atoms. The van der Waals surface area contributed by atoms with Crippen molar-refractivity contribution in [2.45, 2.75) is 63.8 Å². The van der Waals surface area contributed by atoms with Gasteiger partial charge in [0.05, 0.1) is 5.41 Å². The Labute approximate surface area is 117 Å². The summed E-state index contributed by atoms with van der Waals surface area (Å²) in [6.45, 7) is 5.01. The van der Waals surface area contributed by atoms with Crippen molar-refractivity contribution in [2.75, 3.05) is 13.1 Å².